The molecule has 0 aromatic heterocycles. The van der Waals surface area contributed by atoms with E-state index in [1.807, 2.05) is 0 Å². The maximum absolute atomic E-state index is 10.4. The summed E-state index contributed by atoms with van der Waals surface area (Å²) in [4.78, 5) is 20.8. The Morgan fingerprint density at radius 3 is 1.64 bits per heavy atom. The standard InChI is InChI=1S/C8H6O4.Cd.H2N/c9-7(10)5-2-1-3-6(4-5)8(11)12;;/h1-4H,(H,9,10)(H,11,12);;1H2/q;;-1. The molecule has 1 aromatic carbocycles. The quantitative estimate of drug-likeness (QED) is 0.811. The molecule has 1 aromatic rings. The van der Waals surface area contributed by atoms with Crippen LogP contribution in [0.1, 0.15) is 20.7 Å². The Bertz CT molecular complexity index is 311. The predicted molar refractivity (Wildman–Crippen MR) is 45.6 cm³/mol. The average molecular weight is 295 g/mol. The van der Waals surface area contributed by atoms with E-state index in [2.05, 4.69) is 0 Å². The summed E-state index contributed by atoms with van der Waals surface area (Å²) < 4.78 is 0. The van der Waals surface area contributed by atoms with Crippen molar-refractivity contribution >= 4 is 11.9 Å². The van der Waals surface area contributed by atoms with E-state index in [4.69, 9.17) is 10.2 Å². The molecule has 0 aliphatic rings. The van der Waals surface area contributed by atoms with E-state index in [9.17, 15) is 9.59 Å². The Balaban J connectivity index is 0. The minimum atomic E-state index is -1.13. The summed E-state index contributed by atoms with van der Waals surface area (Å²) in [5.41, 5.74) is -0.0372. The van der Waals surface area contributed by atoms with E-state index in [1.165, 1.54) is 18.2 Å². The summed E-state index contributed by atoms with van der Waals surface area (Å²) in [5, 5.41) is 17.0. The number of hydrogen-bond acceptors (Lipinski definition) is 2. The first-order chi connectivity index (χ1) is 5.61. The second-order valence-electron chi connectivity index (χ2n) is 2.19. The summed E-state index contributed by atoms with van der Waals surface area (Å²) in [6.07, 6.45) is 0. The fourth-order valence-electron chi connectivity index (χ4n) is 0.785. The number of aromatic carboxylic acids is 2. The summed E-state index contributed by atoms with van der Waals surface area (Å²) >= 11 is 0. The molecular weight excluding hydrogens is 287 g/mol. The van der Waals surface area contributed by atoms with Gasteiger partial charge in [0.05, 0.1) is 11.1 Å². The molecule has 0 saturated heterocycles. The maximum atomic E-state index is 10.4. The fraction of sp³-hybridized carbons (Fsp3) is 0. The molecule has 0 radical (unpaired) electrons. The maximum Gasteiger partial charge on any atom is 0.335 e. The summed E-state index contributed by atoms with van der Waals surface area (Å²) in [7, 11) is 0. The van der Waals surface area contributed by atoms with Crippen molar-refractivity contribution in [3.05, 3.63) is 41.5 Å². The number of nitrogens with two attached hydrogens (primary N) is 1. The minimum absolute atomic E-state index is 0. The van der Waals surface area contributed by atoms with Gasteiger partial charge in [-0.25, -0.2) is 9.59 Å². The molecule has 0 fully saturated rings. The molecule has 0 aliphatic carbocycles. The van der Waals surface area contributed by atoms with Crippen molar-refractivity contribution in [2.45, 2.75) is 0 Å². The molecule has 5 nitrogen and oxygen atoms in total. The van der Waals surface area contributed by atoms with Crippen LogP contribution in [0.3, 0.4) is 0 Å². The van der Waals surface area contributed by atoms with Crippen molar-refractivity contribution in [3.8, 4) is 0 Å². The van der Waals surface area contributed by atoms with Crippen LogP contribution in [0.15, 0.2) is 24.3 Å². The van der Waals surface area contributed by atoms with Crippen molar-refractivity contribution in [3.63, 3.8) is 0 Å². The van der Waals surface area contributed by atoms with Crippen LogP contribution in [0, 0.1) is 0 Å². The zero-order valence-corrected chi connectivity index (χ0v) is 11.3. The van der Waals surface area contributed by atoms with Crippen molar-refractivity contribution in [1.82, 2.24) is 0 Å². The van der Waals surface area contributed by atoms with Gasteiger partial charge in [0, 0.05) is 27.3 Å². The number of rotatable bonds is 2. The molecular formula is C8H8CdNO4-. The number of carbonyl (C=O) groups is 2. The third-order valence-corrected chi connectivity index (χ3v) is 1.36. The van der Waals surface area contributed by atoms with E-state index >= 15 is 0 Å². The second-order valence-corrected chi connectivity index (χ2v) is 2.19. The van der Waals surface area contributed by atoms with Crippen LogP contribution >= 0.6 is 0 Å². The summed E-state index contributed by atoms with van der Waals surface area (Å²) in [5.74, 6) is -2.25. The molecule has 0 aliphatic heterocycles. The second kappa shape index (κ2) is 6.49. The Morgan fingerprint density at radius 2 is 1.36 bits per heavy atom. The molecule has 0 saturated carbocycles. The van der Waals surface area contributed by atoms with Crippen molar-refractivity contribution in [1.29, 1.82) is 0 Å². The summed E-state index contributed by atoms with van der Waals surface area (Å²) in [6, 6.07) is 5.20. The SMILES string of the molecule is O=C(O)c1cccc(C(=O)O)c1.[Cd].[NH2-]. The third kappa shape index (κ3) is 3.83. The molecule has 6 heteroatoms. The zero-order chi connectivity index (χ0) is 9.14. The van der Waals surface area contributed by atoms with Gasteiger partial charge in [-0.2, -0.15) is 0 Å². The fourth-order valence-corrected chi connectivity index (χ4v) is 0.785. The van der Waals surface area contributed by atoms with Crippen LogP contribution in [0.2, 0.25) is 0 Å². The largest absolute Gasteiger partial charge is 0.693 e. The molecule has 0 heterocycles. The molecule has 0 spiro atoms. The van der Waals surface area contributed by atoms with Crippen LogP contribution in [0.25, 0.3) is 6.15 Å². The first kappa shape index (κ1) is 15.5. The molecule has 0 amide bonds. The molecule has 14 heavy (non-hydrogen) atoms. The Labute approximate surface area is 100 Å². The zero-order valence-electron chi connectivity index (χ0n) is 7.30. The van der Waals surface area contributed by atoms with E-state index < -0.39 is 11.9 Å². The molecule has 0 bridgehead atoms. The predicted octanol–water partition coefficient (Wildman–Crippen LogP) is 1.80. The topological polar surface area (TPSA) is 108 Å². The van der Waals surface area contributed by atoms with Gasteiger partial charge in [0.25, 0.3) is 0 Å². The van der Waals surface area contributed by atoms with Gasteiger partial charge in [-0.15, -0.1) is 0 Å². The van der Waals surface area contributed by atoms with E-state index in [0.717, 1.165) is 6.07 Å². The summed E-state index contributed by atoms with van der Waals surface area (Å²) in [6.45, 7) is 0. The number of benzene rings is 1. The van der Waals surface area contributed by atoms with Crippen LogP contribution in [-0.4, -0.2) is 22.2 Å². The van der Waals surface area contributed by atoms with Crippen molar-refractivity contribution < 1.29 is 47.1 Å². The normalized spacial score (nSPS) is 8.00. The van der Waals surface area contributed by atoms with Gasteiger partial charge in [0.15, 0.2) is 0 Å². The van der Waals surface area contributed by atoms with Gasteiger partial charge in [-0.1, -0.05) is 6.07 Å². The Kier molecular flexibility index (Phi) is 7.19. The first-order valence-electron chi connectivity index (χ1n) is 3.18. The average Bonchev–Trinajstić information content (AvgIpc) is 2.04. The monoisotopic (exact) mass is 296 g/mol. The van der Waals surface area contributed by atoms with E-state index in [0.29, 0.717) is 0 Å². The van der Waals surface area contributed by atoms with Crippen LogP contribution in [-0.2, 0) is 27.3 Å². The van der Waals surface area contributed by atoms with Gasteiger partial charge in [0.1, 0.15) is 0 Å². The van der Waals surface area contributed by atoms with Gasteiger partial charge in [-0.3, -0.25) is 0 Å². The molecule has 4 N–H and O–H groups in total. The number of carboxylic acid groups (broad SMARTS) is 2. The van der Waals surface area contributed by atoms with Crippen LogP contribution in [0.4, 0.5) is 0 Å². The van der Waals surface area contributed by atoms with Gasteiger partial charge < -0.3 is 16.4 Å². The van der Waals surface area contributed by atoms with E-state index in [1.54, 1.807) is 0 Å². The Hall–Kier alpha value is -0.958. The van der Waals surface area contributed by atoms with Crippen LogP contribution < -0.4 is 0 Å². The Morgan fingerprint density at radius 1 is 1.00 bits per heavy atom. The molecule has 1 rings (SSSR count). The number of hydrogen-bond donors (Lipinski definition) is 2. The van der Waals surface area contributed by atoms with Crippen molar-refractivity contribution in [2.75, 3.05) is 0 Å². The van der Waals surface area contributed by atoms with Crippen molar-refractivity contribution in [2.24, 2.45) is 0 Å². The molecule has 0 atom stereocenters. The van der Waals surface area contributed by atoms with Crippen LogP contribution in [0.5, 0.6) is 0 Å². The minimum Gasteiger partial charge on any atom is -0.693 e. The molecule has 72 valence electrons. The smallest absolute Gasteiger partial charge is 0.335 e. The third-order valence-electron chi connectivity index (χ3n) is 1.36. The molecule has 0 unspecified atom stereocenters. The van der Waals surface area contributed by atoms with Gasteiger partial charge in [-0.05, 0) is 18.2 Å². The van der Waals surface area contributed by atoms with Gasteiger partial charge in [0.2, 0.25) is 0 Å². The number of carboxylic acids is 2. The van der Waals surface area contributed by atoms with E-state index in [-0.39, 0.29) is 44.6 Å². The van der Waals surface area contributed by atoms with Gasteiger partial charge >= 0.3 is 11.9 Å². The first-order valence-corrected chi connectivity index (χ1v) is 3.18.